The van der Waals surface area contributed by atoms with E-state index >= 15 is 0 Å². The topological polar surface area (TPSA) is 56.7 Å². The minimum atomic E-state index is -0.180. The van der Waals surface area contributed by atoms with Crippen molar-refractivity contribution in [2.45, 2.75) is 13.5 Å². The van der Waals surface area contributed by atoms with Crippen molar-refractivity contribution in [3.8, 4) is 0 Å². The van der Waals surface area contributed by atoms with Gasteiger partial charge in [0.1, 0.15) is 0 Å². The molecule has 0 aliphatic heterocycles. The van der Waals surface area contributed by atoms with E-state index in [-0.39, 0.29) is 5.91 Å². The largest absolute Gasteiger partial charge is 0.354 e. The summed E-state index contributed by atoms with van der Waals surface area (Å²) in [6, 6.07) is 15.3. The molecule has 1 amide bonds. The van der Waals surface area contributed by atoms with E-state index in [0.717, 1.165) is 12.5 Å². The quantitative estimate of drug-likeness (QED) is 0.465. The van der Waals surface area contributed by atoms with Gasteiger partial charge in [0.05, 0.1) is 10.6 Å². The Labute approximate surface area is 160 Å². The van der Waals surface area contributed by atoms with Gasteiger partial charge in [-0.3, -0.25) is 9.79 Å². The molecule has 0 atom stereocenters. The number of rotatable bonds is 6. The average Bonchev–Trinajstić information content (AvgIpc) is 2.63. The number of nitrogens with zero attached hydrogens (tertiary/aromatic N) is 2. The summed E-state index contributed by atoms with van der Waals surface area (Å²) in [6.07, 6.45) is 0. The number of amides is 1. The maximum absolute atomic E-state index is 12.1. The smallest absolute Gasteiger partial charge is 0.252 e. The highest BCUT2D eigenvalue weighted by molar-refractivity contribution is 6.33. The molecule has 6 heteroatoms. The molecule has 26 heavy (non-hydrogen) atoms. The molecule has 2 N–H and O–H groups in total. The summed E-state index contributed by atoms with van der Waals surface area (Å²) < 4.78 is 0. The van der Waals surface area contributed by atoms with E-state index in [2.05, 4.69) is 39.6 Å². The van der Waals surface area contributed by atoms with Crippen LogP contribution in [0.2, 0.25) is 5.02 Å². The normalized spacial score (nSPS) is 11.2. The zero-order valence-electron chi connectivity index (χ0n) is 15.4. The second-order valence-corrected chi connectivity index (χ2v) is 6.40. The van der Waals surface area contributed by atoms with Crippen LogP contribution in [0.1, 0.15) is 21.5 Å². The Balaban J connectivity index is 1.81. The predicted octanol–water partition coefficient (Wildman–Crippen LogP) is 3.09. The molecule has 0 saturated heterocycles. The van der Waals surface area contributed by atoms with Gasteiger partial charge in [-0.05, 0) is 30.2 Å². The Morgan fingerprint density at radius 3 is 2.42 bits per heavy atom. The zero-order chi connectivity index (χ0) is 18.9. The highest BCUT2D eigenvalue weighted by Gasteiger charge is 2.10. The van der Waals surface area contributed by atoms with E-state index in [4.69, 9.17) is 11.6 Å². The summed E-state index contributed by atoms with van der Waals surface area (Å²) in [7, 11) is 3.74. The summed E-state index contributed by atoms with van der Waals surface area (Å²) in [5.41, 5.74) is 2.99. The van der Waals surface area contributed by atoms with E-state index < -0.39 is 0 Å². The number of aliphatic imine (C=N–C) groups is 1. The molecular formula is C20H25ClN4O. The Bertz CT molecular complexity index is 776. The van der Waals surface area contributed by atoms with Crippen molar-refractivity contribution >= 4 is 23.5 Å². The van der Waals surface area contributed by atoms with Gasteiger partial charge in [0.25, 0.3) is 5.91 Å². The molecule has 138 valence electrons. The third kappa shape index (κ3) is 5.49. The van der Waals surface area contributed by atoms with Crippen LogP contribution in [0.5, 0.6) is 0 Å². The van der Waals surface area contributed by atoms with Gasteiger partial charge in [0, 0.05) is 33.7 Å². The second kappa shape index (κ2) is 9.82. The lowest BCUT2D eigenvalue weighted by molar-refractivity contribution is 0.0954. The highest BCUT2D eigenvalue weighted by atomic mass is 35.5. The van der Waals surface area contributed by atoms with Crippen LogP contribution in [0.3, 0.4) is 0 Å². The summed E-state index contributed by atoms with van der Waals surface area (Å²) in [6.45, 7) is 3.91. The molecule has 0 spiro atoms. The Hall–Kier alpha value is -2.53. The number of guanidine groups is 1. The van der Waals surface area contributed by atoms with Crippen LogP contribution in [-0.2, 0) is 6.54 Å². The number of carbonyl (C=O) groups excluding carboxylic acids is 1. The fraction of sp³-hybridized carbons (Fsp3) is 0.300. The van der Waals surface area contributed by atoms with Gasteiger partial charge < -0.3 is 15.5 Å². The lowest BCUT2D eigenvalue weighted by atomic mass is 10.1. The summed E-state index contributed by atoms with van der Waals surface area (Å²) in [4.78, 5) is 18.5. The number of benzene rings is 2. The summed E-state index contributed by atoms with van der Waals surface area (Å²) in [5.74, 6) is 0.598. The monoisotopic (exact) mass is 372 g/mol. The van der Waals surface area contributed by atoms with Crippen molar-refractivity contribution in [2.75, 3.05) is 27.2 Å². The molecule has 0 unspecified atom stereocenters. The molecule has 0 radical (unpaired) electrons. The number of carbonyl (C=O) groups is 1. The lowest BCUT2D eigenvalue weighted by Crippen LogP contribution is -2.42. The maximum atomic E-state index is 12.1. The maximum Gasteiger partial charge on any atom is 0.252 e. The van der Waals surface area contributed by atoms with Gasteiger partial charge in [0.2, 0.25) is 0 Å². The molecular weight excluding hydrogens is 348 g/mol. The van der Waals surface area contributed by atoms with E-state index in [9.17, 15) is 4.79 Å². The molecule has 5 nitrogen and oxygen atoms in total. The Kier molecular flexibility index (Phi) is 7.48. The molecule has 0 fully saturated rings. The minimum absolute atomic E-state index is 0.180. The summed E-state index contributed by atoms with van der Waals surface area (Å²) in [5, 5.41) is 6.57. The van der Waals surface area contributed by atoms with Crippen LogP contribution < -0.4 is 10.6 Å². The first-order valence-electron chi connectivity index (χ1n) is 8.52. The molecule has 0 heterocycles. The van der Waals surface area contributed by atoms with Gasteiger partial charge in [-0.1, -0.05) is 48.0 Å². The van der Waals surface area contributed by atoms with E-state index in [0.29, 0.717) is 23.7 Å². The van der Waals surface area contributed by atoms with Crippen molar-refractivity contribution < 1.29 is 4.79 Å². The first-order chi connectivity index (χ1) is 12.5. The van der Waals surface area contributed by atoms with Crippen LogP contribution in [0.15, 0.2) is 53.5 Å². The molecule has 0 bridgehead atoms. The fourth-order valence-corrected chi connectivity index (χ4v) is 2.82. The minimum Gasteiger partial charge on any atom is -0.354 e. The molecule has 0 aromatic heterocycles. The Morgan fingerprint density at radius 1 is 1.08 bits per heavy atom. The fourth-order valence-electron chi connectivity index (χ4n) is 2.59. The van der Waals surface area contributed by atoms with Gasteiger partial charge in [-0.15, -0.1) is 0 Å². The number of hydrogen-bond donors (Lipinski definition) is 2. The van der Waals surface area contributed by atoms with Crippen LogP contribution in [0.25, 0.3) is 0 Å². The van der Waals surface area contributed by atoms with Crippen LogP contribution in [-0.4, -0.2) is 44.0 Å². The van der Waals surface area contributed by atoms with Crippen LogP contribution in [0, 0.1) is 6.92 Å². The first kappa shape index (κ1) is 19.8. The molecule has 0 saturated carbocycles. The lowest BCUT2D eigenvalue weighted by Gasteiger charge is -2.23. The van der Waals surface area contributed by atoms with Gasteiger partial charge in [-0.25, -0.2) is 0 Å². The molecule has 0 aliphatic rings. The van der Waals surface area contributed by atoms with E-state index in [1.54, 1.807) is 31.3 Å². The third-order valence-corrected chi connectivity index (χ3v) is 4.38. The number of nitrogens with one attached hydrogen (secondary N) is 2. The SMILES string of the molecule is CN=C(NCCNC(=O)c1ccccc1Cl)N(C)Cc1ccccc1C. The van der Waals surface area contributed by atoms with Gasteiger partial charge in [0.15, 0.2) is 5.96 Å². The Morgan fingerprint density at radius 2 is 1.73 bits per heavy atom. The number of hydrogen-bond acceptors (Lipinski definition) is 2. The van der Waals surface area contributed by atoms with Crippen molar-refractivity contribution in [3.63, 3.8) is 0 Å². The van der Waals surface area contributed by atoms with Crippen LogP contribution in [0.4, 0.5) is 0 Å². The second-order valence-electron chi connectivity index (χ2n) is 5.99. The molecule has 0 aliphatic carbocycles. The van der Waals surface area contributed by atoms with Crippen molar-refractivity contribution in [1.82, 2.24) is 15.5 Å². The average molecular weight is 373 g/mol. The standard InChI is InChI=1S/C20H25ClN4O/c1-15-8-4-5-9-16(15)14-25(3)20(22-2)24-13-12-23-19(26)17-10-6-7-11-18(17)21/h4-11H,12-14H2,1-3H3,(H,22,24)(H,23,26). The number of aryl methyl sites for hydroxylation is 1. The van der Waals surface area contributed by atoms with Gasteiger partial charge >= 0.3 is 0 Å². The van der Waals surface area contributed by atoms with E-state index in [1.165, 1.54) is 11.1 Å². The number of halogens is 1. The van der Waals surface area contributed by atoms with Crippen molar-refractivity contribution in [2.24, 2.45) is 4.99 Å². The molecule has 2 rings (SSSR count). The van der Waals surface area contributed by atoms with Crippen molar-refractivity contribution in [1.29, 1.82) is 0 Å². The molecule has 2 aromatic carbocycles. The predicted molar refractivity (Wildman–Crippen MR) is 108 cm³/mol. The van der Waals surface area contributed by atoms with Gasteiger partial charge in [-0.2, -0.15) is 0 Å². The zero-order valence-corrected chi connectivity index (χ0v) is 16.2. The van der Waals surface area contributed by atoms with Crippen LogP contribution >= 0.6 is 11.6 Å². The van der Waals surface area contributed by atoms with Crippen molar-refractivity contribution in [3.05, 3.63) is 70.2 Å². The third-order valence-electron chi connectivity index (χ3n) is 4.05. The first-order valence-corrected chi connectivity index (χ1v) is 8.89. The highest BCUT2D eigenvalue weighted by Crippen LogP contribution is 2.14. The van der Waals surface area contributed by atoms with E-state index in [1.807, 2.05) is 19.2 Å². The molecule has 2 aromatic rings. The summed E-state index contributed by atoms with van der Waals surface area (Å²) >= 11 is 6.03.